The van der Waals surface area contributed by atoms with E-state index in [1.165, 1.54) is 19.2 Å². The third-order valence-corrected chi connectivity index (χ3v) is 13.9. The van der Waals surface area contributed by atoms with Gasteiger partial charge >= 0.3 is 0 Å². The van der Waals surface area contributed by atoms with Gasteiger partial charge in [0.1, 0.15) is 18.3 Å². The van der Waals surface area contributed by atoms with E-state index in [1.807, 2.05) is 37.3 Å². The van der Waals surface area contributed by atoms with Crippen molar-refractivity contribution in [1.82, 2.24) is 4.31 Å². The minimum Gasteiger partial charge on any atom is -0.415 e. The van der Waals surface area contributed by atoms with E-state index in [4.69, 9.17) is 13.9 Å². The zero-order chi connectivity index (χ0) is 27.6. The zero-order valence-corrected chi connectivity index (χ0v) is 24.6. The fraction of sp³-hybridized carbons (Fsp3) is 0.556. The highest BCUT2D eigenvalue weighted by atomic mass is 32.2. The number of rotatable bonds is 9. The molecule has 5 atom stereocenters. The smallest absolute Gasteiger partial charge is 0.245 e. The van der Waals surface area contributed by atoms with Crippen LogP contribution in [-0.2, 0) is 30.5 Å². The molecule has 2 aromatic carbocycles. The van der Waals surface area contributed by atoms with Crippen LogP contribution in [-0.4, -0.2) is 75.6 Å². The summed E-state index contributed by atoms with van der Waals surface area (Å²) in [6.45, 7) is 12.4. The number of aliphatic hydroxyl groups excluding tert-OH is 2. The molecule has 206 valence electrons. The predicted octanol–water partition coefficient (Wildman–Crippen LogP) is 3.67. The fourth-order valence-electron chi connectivity index (χ4n) is 4.12. The van der Waals surface area contributed by atoms with Crippen LogP contribution < -0.4 is 0 Å². The van der Waals surface area contributed by atoms with Gasteiger partial charge in [0, 0.05) is 7.11 Å². The molecule has 1 aliphatic rings. The van der Waals surface area contributed by atoms with Crippen LogP contribution in [0.3, 0.4) is 0 Å². The zero-order valence-electron chi connectivity index (χ0n) is 22.8. The first-order valence-electron chi connectivity index (χ1n) is 12.5. The van der Waals surface area contributed by atoms with Crippen molar-refractivity contribution in [3.63, 3.8) is 0 Å². The monoisotopic (exact) mass is 551 g/mol. The molecule has 1 saturated heterocycles. The minimum absolute atomic E-state index is 0.0231. The summed E-state index contributed by atoms with van der Waals surface area (Å²) in [5, 5.41) is 22.0. The van der Waals surface area contributed by atoms with E-state index >= 15 is 0 Å². The van der Waals surface area contributed by atoms with Crippen LogP contribution in [0.5, 0.6) is 0 Å². The van der Waals surface area contributed by atoms with Crippen LogP contribution in [0.15, 0.2) is 59.5 Å². The first kappa shape index (κ1) is 29.9. The third kappa shape index (κ3) is 6.51. The van der Waals surface area contributed by atoms with Crippen LogP contribution in [0.2, 0.25) is 18.1 Å². The molecule has 37 heavy (non-hydrogen) atoms. The molecule has 0 unspecified atom stereocenters. The maximum absolute atomic E-state index is 14.0. The van der Waals surface area contributed by atoms with E-state index in [2.05, 4.69) is 33.9 Å². The van der Waals surface area contributed by atoms with Crippen molar-refractivity contribution in [2.24, 2.45) is 0 Å². The molecule has 0 aliphatic carbocycles. The summed E-state index contributed by atoms with van der Waals surface area (Å²) in [6.07, 6.45) is -5.32. The largest absolute Gasteiger partial charge is 0.415 e. The molecule has 0 aromatic heterocycles. The van der Waals surface area contributed by atoms with Crippen LogP contribution >= 0.6 is 0 Å². The van der Waals surface area contributed by atoms with E-state index in [-0.39, 0.29) is 23.1 Å². The molecule has 1 fully saturated rings. The highest BCUT2D eigenvalue weighted by Crippen LogP contribution is 2.39. The Morgan fingerprint density at radius 2 is 1.57 bits per heavy atom. The summed E-state index contributed by atoms with van der Waals surface area (Å²) in [6, 6.07) is 14.9. The molecule has 1 aliphatic heterocycles. The topological polar surface area (TPSA) is 106 Å². The molecule has 0 saturated carbocycles. The molecule has 1 heterocycles. The lowest BCUT2D eigenvalue weighted by Crippen LogP contribution is -2.70. The Hall–Kier alpha value is -1.63. The quantitative estimate of drug-likeness (QED) is 0.458. The van der Waals surface area contributed by atoms with Gasteiger partial charge in [-0.3, -0.25) is 0 Å². The summed E-state index contributed by atoms with van der Waals surface area (Å²) in [5.41, 5.74) is 1.77. The van der Waals surface area contributed by atoms with Gasteiger partial charge in [-0.15, -0.1) is 0 Å². The Kier molecular flexibility index (Phi) is 9.40. The Balaban J connectivity index is 2.07. The molecule has 3 rings (SSSR count). The normalized spacial score (nSPS) is 25.8. The van der Waals surface area contributed by atoms with Crippen LogP contribution in [0, 0.1) is 6.92 Å². The van der Waals surface area contributed by atoms with E-state index in [1.54, 1.807) is 12.1 Å². The number of methoxy groups -OCH3 is 1. The van der Waals surface area contributed by atoms with Gasteiger partial charge in [-0.25, -0.2) is 8.42 Å². The second-order valence-corrected chi connectivity index (χ2v) is 17.8. The number of hydrogen-bond acceptors (Lipinski definition) is 7. The van der Waals surface area contributed by atoms with Crippen molar-refractivity contribution in [3.8, 4) is 0 Å². The Morgan fingerprint density at radius 3 is 2.11 bits per heavy atom. The Bertz CT molecular complexity index is 1120. The van der Waals surface area contributed by atoms with Gasteiger partial charge in [0.15, 0.2) is 14.5 Å². The Labute approximate surface area is 222 Å². The lowest BCUT2D eigenvalue weighted by Gasteiger charge is -2.49. The number of aryl methyl sites for hydroxylation is 1. The van der Waals surface area contributed by atoms with Crippen molar-refractivity contribution in [2.75, 3.05) is 13.7 Å². The van der Waals surface area contributed by atoms with Gasteiger partial charge in [0.25, 0.3) is 0 Å². The molecule has 2 N–H and O–H groups in total. The number of ether oxygens (including phenoxy) is 2. The number of sulfonamides is 1. The average molecular weight is 552 g/mol. The van der Waals surface area contributed by atoms with Crippen LogP contribution in [0.1, 0.15) is 31.9 Å². The van der Waals surface area contributed by atoms with Gasteiger partial charge in [-0.2, -0.15) is 4.31 Å². The molecule has 2 aromatic rings. The first-order valence-corrected chi connectivity index (χ1v) is 16.8. The summed E-state index contributed by atoms with van der Waals surface area (Å²) in [7, 11) is -5.17. The highest BCUT2D eigenvalue weighted by molar-refractivity contribution is 7.89. The molecule has 8 nitrogen and oxygen atoms in total. The fourth-order valence-corrected chi connectivity index (χ4v) is 6.89. The minimum atomic E-state index is -4.17. The molecule has 0 amide bonds. The van der Waals surface area contributed by atoms with Gasteiger partial charge < -0.3 is 24.1 Å². The predicted molar refractivity (Wildman–Crippen MR) is 145 cm³/mol. The van der Waals surface area contributed by atoms with E-state index in [0.717, 1.165) is 15.4 Å². The standard InChI is InChI=1S/C27H41NO7SSi/c1-19-13-15-21(16-14-19)36(31,32)28-22(18-35-37(6,7)27(2,3)4)25(23(29)24(30)26(28)33-5)34-17-20-11-9-8-10-12-20/h8-16,22-26,29-30H,17-18H2,1-7H3/t22-,23+,24-,25+,26+/m0/s1. The molecular weight excluding hydrogens is 510 g/mol. The summed E-state index contributed by atoms with van der Waals surface area (Å²) >= 11 is 0. The van der Waals surface area contributed by atoms with Gasteiger partial charge in [-0.05, 0) is 42.8 Å². The molecule has 0 bridgehead atoms. The number of hydrogen-bond donors (Lipinski definition) is 2. The number of benzene rings is 2. The second-order valence-electron chi connectivity index (χ2n) is 11.2. The van der Waals surface area contributed by atoms with Gasteiger partial charge in [0.05, 0.1) is 24.2 Å². The molecular formula is C27H41NO7SSi. The summed E-state index contributed by atoms with van der Waals surface area (Å²) in [4.78, 5) is 0.0582. The second kappa shape index (κ2) is 11.6. The van der Waals surface area contributed by atoms with Crippen molar-refractivity contribution in [1.29, 1.82) is 0 Å². The van der Waals surface area contributed by atoms with Crippen molar-refractivity contribution in [3.05, 3.63) is 65.7 Å². The molecule has 0 spiro atoms. The first-order chi connectivity index (χ1) is 17.2. The Morgan fingerprint density at radius 1 is 0.973 bits per heavy atom. The number of aliphatic hydroxyl groups is 2. The van der Waals surface area contributed by atoms with E-state index in [9.17, 15) is 18.6 Å². The third-order valence-electron chi connectivity index (χ3n) is 7.48. The van der Waals surface area contributed by atoms with Crippen molar-refractivity contribution < 1.29 is 32.5 Å². The maximum atomic E-state index is 14.0. The molecule has 0 radical (unpaired) electrons. The van der Waals surface area contributed by atoms with Crippen LogP contribution in [0.4, 0.5) is 0 Å². The lowest BCUT2D eigenvalue weighted by atomic mass is 9.94. The highest BCUT2D eigenvalue weighted by Gasteiger charge is 2.55. The van der Waals surface area contributed by atoms with Crippen molar-refractivity contribution in [2.45, 2.75) is 87.9 Å². The average Bonchev–Trinajstić information content (AvgIpc) is 2.83. The van der Waals surface area contributed by atoms with Gasteiger partial charge in [0.2, 0.25) is 10.0 Å². The van der Waals surface area contributed by atoms with E-state index < -0.39 is 48.9 Å². The summed E-state index contributed by atoms with van der Waals surface area (Å²) < 4.78 is 47.3. The van der Waals surface area contributed by atoms with Crippen LogP contribution in [0.25, 0.3) is 0 Å². The van der Waals surface area contributed by atoms with Gasteiger partial charge in [-0.1, -0.05) is 68.8 Å². The molecule has 10 heteroatoms. The number of piperidine rings is 1. The SMILES string of the molecule is CO[C@@H]1[C@@H](O)[C@@H](O)[C@H](OCc2ccccc2)[C@H](CO[Si](C)(C)C(C)(C)C)N1S(=O)(=O)c1ccc(C)cc1. The maximum Gasteiger partial charge on any atom is 0.245 e. The van der Waals surface area contributed by atoms with E-state index in [0.29, 0.717) is 0 Å². The summed E-state index contributed by atoms with van der Waals surface area (Å²) in [5.74, 6) is 0. The lowest BCUT2D eigenvalue weighted by molar-refractivity contribution is -0.219. The van der Waals surface area contributed by atoms with Crippen molar-refractivity contribution >= 4 is 18.3 Å². The number of nitrogens with zero attached hydrogens (tertiary/aromatic N) is 1.